The quantitative estimate of drug-likeness (QED) is 0.532. The third kappa shape index (κ3) is 5.37. The number of hydrogen-bond donors (Lipinski definition) is 3. The highest BCUT2D eigenvalue weighted by Crippen LogP contribution is 2.20. The number of aromatic nitrogens is 3. The zero-order valence-corrected chi connectivity index (χ0v) is 17.2. The average molecular weight is 423 g/mol. The number of nitrogens with one attached hydrogen (secondary N) is 2. The van der Waals surface area contributed by atoms with Crippen LogP contribution in [0.2, 0.25) is 0 Å². The van der Waals surface area contributed by atoms with Crippen molar-refractivity contribution >= 4 is 17.4 Å². The van der Waals surface area contributed by atoms with E-state index in [0.717, 1.165) is 48.9 Å². The molecular formula is C22H26FN7O. The summed E-state index contributed by atoms with van der Waals surface area (Å²) in [5.41, 5.74) is 8.80. The van der Waals surface area contributed by atoms with Crippen LogP contribution in [0.5, 0.6) is 0 Å². The first-order chi connectivity index (χ1) is 15.1. The summed E-state index contributed by atoms with van der Waals surface area (Å²) in [7, 11) is 0. The van der Waals surface area contributed by atoms with Gasteiger partial charge in [-0.2, -0.15) is 0 Å². The number of nitrogens with two attached hydrogens (primary N) is 1. The standard InChI is InChI=1S/C22H26FN7O/c23-17-1-3-19(4-2-17)29-7-9-30(10-8-29)21-11-16(5-6-26-21)13-27-22(31)20(24)12-18-14-25-15-28-18/h1-6,11,14-15,20H,7-10,12-13,24H2,(H,25,28)(H,27,31)/t20-/m0/s1. The minimum absolute atomic E-state index is 0.208. The third-order valence-electron chi connectivity index (χ3n) is 5.40. The van der Waals surface area contributed by atoms with E-state index in [9.17, 15) is 9.18 Å². The zero-order chi connectivity index (χ0) is 21.6. The highest BCUT2D eigenvalue weighted by molar-refractivity contribution is 5.81. The topological polar surface area (TPSA) is 103 Å². The lowest BCUT2D eigenvalue weighted by atomic mass is 10.1. The molecule has 3 aromatic rings. The van der Waals surface area contributed by atoms with Gasteiger partial charge in [-0.25, -0.2) is 14.4 Å². The van der Waals surface area contributed by atoms with Crippen LogP contribution in [-0.2, 0) is 17.8 Å². The molecule has 1 saturated heterocycles. The van der Waals surface area contributed by atoms with Gasteiger partial charge in [0.1, 0.15) is 11.6 Å². The van der Waals surface area contributed by atoms with Gasteiger partial charge in [0.15, 0.2) is 0 Å². The fourth-order valence-corrected chi connectivity index (χ4v) is 3.64. The van der Waals surface area contributed by atoms with E-state index >= 15 is 0 Å². The van der Waals surface area contributed by atoms with Crippen molar-refractivity contribution in [1.29, 1.82) is 0 Å². The normalized spacial score (nSPS) is 15.0. The molecule has 0 saturated carbocycles. The molecule has 1 aliphatic rings. The number of carbonyl (C=O) groups excluding carboxylic acids is 1. The number of nitrogens with zero attached hydrogens (tertiary/aromatic N) is 4. The SMILES string of the molecule is N[C@@H](Cc1cnc[nH]1)C(=O)NCc1ccnc(N2CCN(c3ccc(F)cc3)CC2)c1. The molecule has 31 heavy (non-hydrogen) atoms. The first-order valence-electron chi connectivity index (χ1n) is 10.3. The maximum absolute atomic E-state index is 13.1. The number of H-pyrrole nitrogens is 1. The molecule has 0 radical (unpaired) electrons. The predicted octanol–water partition coefficient (Wildman–Crippen LogP) is 1.46. The van der Waals surface area contributed by atoms with Crippen LogP contribution in [0.25, 0.3) is 0 Å². The Kier molecular flexibility index (Phi) is 6.42. The van der Waals surface area contributed by atoms with Crippen molar-refractivity contribution < 1.29 is 9.18 Å². The van der Waals surface area contributed by atoms with E-state index < -0.39 is 6.04 Å². The van der Waals surface area contributed by atoms with Crippen molar-refractivity contribution in [2.45, 2.75) is 19.0 Å². The summed E-state index contributed by atoms with van der Waals surface area (Å²) < 4.78 is 13.1. The van der Waals surface area contributed by atoms with Crippen LogP contribution >= 0.6 is 0 Å². The Bertz CT molecular complexity index is 985. The molecule has 1 atom stereocenters. The smallest absolute Gasteiger partial charge is 0.237 e. The van der Waals surface area contributed by atoms with Gasteiger partial charge in [0.05, 0.1) is 12.4 Å². The second-order valence-corrected chi connectivity index (χ2v) is 7.58. The number of imidazole rings is 1. The largest absolute Gasteiger partial charge is 0.368 e. The van der Waals surface area contributed by atoms with Gasteiger partial charge in [0.2, 0.25) is 5.91 Å². The van der Waals surface area contributed by atoms with Gasteiger partial charge >= 0.3 is 0 Å². The number of benzene rings is 1. The molecular weight excluding hydrogens is 397 g/mol. The Morgan fingerprint density at radius 1 is 1.16 bits per heavy atom. The number of hydrogen-bond acceptors (Lipinski definition) is 6. The summed E-state index contributed by atoms with van der Waals surface area (Å²) in [6.07, 6.45) is 5.40. The number of piperazine rings is 1. The molecule has 0 spiro atoms. The van der Waals surface area contributed by atoms with Crippen molar-refractivity contribution in [2.75, 3.05) is 36.0 Å². The summed E-state index contributed by atoms with van der Waals surface area (Å²) >= 11 is 0. The van der Waals surface area contributed by atoms with Crippen LogP contribution in [0, 0.1) is 5.82 Å². The van der Waals surface area contributed by atoms with Crippen molar-refractivity contribution in [3.63, 3.8) is 0 Å². The molecule has 0 bridgehead atoms. The molecule has 8 nitrogen and oxygen atoms in total. The first-order valence-corrected chi connectivity index (χ1v) is 10.3. The summed E-state index contributed by atoms with van der Waals surface area (Å²) in [6.45, 7) is 3.68. The molecule has 0 unspecified atom stereocenters. The molecule has 3 heterocycles. The molecule has 9 heteroatoms. The maximum Gasteiger partial charge on any atom is 0.237 e. The van der Waals surface area contributed by atoms with Gasteiger partial charge < -0.3 is 25.8 Å². The Labute approximate surface area is 180 Å². The summed E-state index contributed by atoms with van der Waals surface area (Å²) in [6, 6.07) is 9.84. The van der Waals surface area contributed by atoms with E-state index in [1.54, 1.807) is 18.7 Å². The molecule has 2 aromatic heterocycles. The Morgan fingerprint density at radius 3 is 2.61 bits per heavy atom. The van der Waals surface area contributed by atoms with Gasteiger partial charge in [-0.1, -0.05) is 0 Å². The van der Waals surface area contributed by atoms with E-state index in [0.29, 0.717) is 13.0 Å². The lowest BCUT2D eigenvalue weighted by Gasteiger charge is -2.36. The van der Waals surface area contributed by atoms with Crippen LogP contribution < -0.4 is 20.9 Å². The average Bonchev–Trinajstić information content (AvgIpc) is 3.31. The van der Waals surface area contributed by atoms with Crippen molar-refractivity contribution in [3.8, 4) is 0 Å². The fourth-order valence-electron chi connectivity index (χ4n) is 3.64. The second-order valence-electron chi connectivity index (χ2n) is 7.58. The molecule has 4 rings (SSSR count). The lowest BCUT2D eigenvalue weighted by molar-refractivity contribution is -0.122. The highest BCUT2D eigenvalue weighted by Gasteiger charge is 2.19. The zero-order valence-electron chi connectivity index (χ0n) is 17.2. The molecule has 1 aromatic carbocycles. The van der Waals surface area contributed by atoms with Crippen LogP contribution in [-0.4, -0.2) is 53.1 Å². The van der Waals surface area contributed by atoms with E-state index in [1.165, 1.54) is 12.1 Å². The minimum atomic E-state index is -0.638. The van der Waals surface area contributed by atoms with Crippen LogP contribution in [0.15, 0.2) is 55.1 Å². The molecule has 4 N–H and O–H groups in total. The van der Waals surface area contributed by atoms with Crippen molar-refractivity contribution in [3.05, 3.63) is 72.2 Å². The number of carbonyl (C=O) groups is 1. The number of pyridine rings is 1. The number of amides is 1. The Balaban J connectivity index is 1.29. The van der Waals surface area contributed by atoms with Crippen LogP contribution in [0.3, 0.4) is 0 Å². The molecule has 1 amide bonds. The maximum atomic E-state index is 13.1. The van der Waals surface area contributed by atoms with Gasteiger partial charge in [-0.3, -0.25) is 4.79 Å². The van der Waals surface area contributed by atoms with Crippen molar-refractivity contribution in [1.82, 2.24) is 20.3 Å². The van der Waals surface area contributed by atoms with Crippen molar-refractivity contribution in [2.24, 2.45) is 5.73 Å². The second kappa shape index (κ2) is 9.57. The van der Waals surface area contributed by atoms with Gasteiger partial charge in [0.25, 0.3) is 0 Å². The molecule has 0 aliphatic carbocycles. The highest BCUT2D eigenvalue weighted by atomic mass is 19.1. The van der Waals surface area contributed by atoms with E-state index in [-0.39, 0.29) is 11.7 Å². The molecule has 162 valence electrons. The number of aromatic amines is 1. The van der Waals surface area contributed by atoms with Gasteiger partial charge in [-0.15, -0.1) is 0 Å². The van der Waals surface area contributed by atoms with Gasteiger partial charge in [0, 0.05) is 62.9 Å². The molecule has 1 fully saturated rings. The monoisotopic (exact) mass is 423 g/mol. The first kappa shape index (κ1) is 20.8. The number of halogens is 1. The van der Waals surface area contributed by atoms with E-state index in [2.05, 4.69) is 30.1 Å². The van der Waals surface area contributed by atoms with Crippen LogP contribution in [0.1, 0.15) is 11.3 Å². The Morgan fingerprint density at radius 2 is 1.90 bits per heavy atom. The van der Waals surface area contributed by atoms with E-state index in [4.69, 9.17) is 5.73 Å². The minimum Gasteiger partial charge on any atom is -0.368 e. The molecule has 1 aliphatic heterocycles. The lowest BCUT2D eigenvalue weighted by Crippen LogP contribution is -2.46. The number of anilines is 2. The summed E-state index contributed by atoms with van der Waals surface area (Å²) in [5, 5.41) is 2.89. The van der Waals surface area contributed by atoms with E-state index in [1.807, 2.05) is 24.3 Å². The fraction of sp³-hybridized carbons (Fsp3) is 0.318. The summed E-state index contributed by atoms with van der Waals surface area (Å²) in [5.74, 6) is 0.450. The summed E-state index contributed by atoms with van der Waals surface area (Å²) in [4.78, 5) is 28.1. The predicted molar refractivity (Wildman–Crippen MR) is 117 cm³/mol. The van der Waals surface area contributed by atoms with Gasteiger partial charge in [-0.05, 0) is 42.0 Å². The Hall–Kier alpha value is -3.46. The van der Waals surface area contributed by atoms with Crippen LogP contribution in [0.4, 0.5) is 15.9 Å². The number of rotatable bonds is 7. The third-order valence-corrected chi connectivity index (χ3v) is 5.40.